The SMILES string of the molecule is CCCCc1ccc(NS(=O)(=O)c2ccc(C)c(C(O)N3CCN(c4cccnc4OC)CC3)c2)cc1. The van der Waals surface area contributed by atoms with Crippen molar-refractivity contribution in [3.8, 4) is 5.88 Å². The molecule has 0 bridgehead atoms. The molecular weight excluding hydrogens is 488 g/mol. The largest absolute Gasteiger partial charge is 0.480 e. The van der Waals surface area contributed by atoms with Gasteiger partial charge in [0.25, 0.3) is 10.0 Å². The lowest BCUT2D eigenvalue weighted by molar-refractivity contribution is -0.00224. The van der Waals surface area contributed by atoms with E-state index in [0.29, 0.717) is 43.3 Å². The maximum absolute atomic E-state index is 13.2. The first kappa shape index (κ1) is 26.9. The van der Waals surface area contributed by atoms with E-state index in [1.165, 1.54) is 5.56 Å². The van der Waals surface area contributed by atoms with E-state index in [4.69, 9.17) is 4.74 Å². The Labute approximate surface area is 220 Å². The number of aliphatic hydroxyl groups excluding tert-OH is 1. The fourth-order valence-electron chi connectivity index (χ4n) is 4.58. The number of rotatable bonds is 10. The zero-order valence-electron chi connectivity index (χ0n) is 21.7. The highest BCUT2D eigenvalue weighted by Crippen LogP contribution is 2.30. The summed E-state index contributed by atoms with van der Waals surface area (Å²) in [6.07, 6.45) is 3.99. The second-order valence-corrected chi connectivity index (χ2v) is 11.0. The fraction of sp³-hybridized carbons (Fsp3) is 0.393. The number of nitrogens with zero attached hydrogens (tertiary/aromatic N) is 3. The van der Waals surface area contributed by atoms with Crippen LogP contribution >= 0.6 is 0 Å². The van der Waals surface area contributed by atoms with Gasteiger partial charge in [-0.25, -0.2) is 13.4 Å². The summed E-state index contributed by atoms with van der Waals surface area (Å²) < 4.78 is 34.4. The van der Waals surface area contributed by atoms with Crippen LogP contribution in [0.1, 0.15) is 42.7 Å². The summed E-state index contributed by atoms with van der Waals surface area (Å²) in [4.78, 5) is 8.54. The summed E-state index contributed by atoms with van der Waals surface area (Å²) in [6, 6.07) is 16.3. The Kier molecular flexibility index (Phi) is 8.68. The summed E-state index contributed by atoms with van der Waals surface area (Å²) in [7, 11) is -2.20. The number of unbranched alkanes of at least 4 members (excludes halogenated alkanes) is 1. The molecule has 1 unspecified atom stereocenters. The van der Waals surface area contributed by atoms with Crippen LogP contribution in [0.5, 0.6) is 5.88 Å². The summed E-state index contributed by atoms with van der Waals surface area (Å²) in [5.41, 5.74) is 4.05. The smallest absolute Gasteiger partial charge is 0.261 e. The first-order chi connectivity index (χ1) is 17.8. The van der Waals surface area contributed by atoms with E-state index in [0.717, 1.165) is 30.5 Å². The van der Waals surface area contributed by atoms with Gasteiger partial charge in [0.15, 0.2) is 0 Å². The summed E-state index contributed by atoms with van der Waals surface area (Å²) in [5.74, 6) is 0.577. The highest BCUT2D eigenvalue weighted by molar-refractivity contribution is 7.92. The lowest BCUT2D eigenvalue weighted by Gasteiger charge is -2.38. The zero-order chi connectivity index (χ0) is 26.4. The lowest BCUT2D eigenvalue weighted by atomic mass is 10.1. The number of benzene rings is 2. The highest BCUT2D eigenvalue weighted by Gasteiger charge is 2.27. The molecule has 0 saturated carbocycles. The number of aromatic nitrogens is 1. The Balaban J connectivity index is 1.45. The van der Waals surface area contributed by atoms with Crippen LogP contribution in [0.25, 0.3) is 0 Å². The third-order valence-corrected chi connectivity index (χ3v) is 8.19. The molecule has 2 aromatic carbocycles. The van der Waals surface area contributed by atoms with E-state index in [2.05, 4.69) is 21.5 Å². The van der Waals surface area contributed by atoms with Crippen molar-refractivity contribution in [3.63, 3.8) is 0 Å². The van der Waals surface area contributed by atoms with Crippen LogP contribution in [-0.2, 0) is 16.4 Å². The van der Waals surface area contributed by atoms with E-state index in [-0.39, 0.29) is 4.90 Å². The molecule has 2 heterocycles. The van der Waals surface area contributed by atoms with E-state index in [1.54, 1.807) is 43.6 Å². The van der Waals surface area contributed by atoms with Crippen molar-refractivity contribution >= 4 is 21.4 Å². The minimum Gasteiger partial charge on any atom is -0.480 e. The van der Waals surface area contributed by atoms with Gasteiger partial charge in [0.1, 0.15) is 6.23 Å². The topological polar surface area (TPSA) is 95.0 Å². The fourth-order valence-corrected chi connectivity index (χ4v) is 5.68. The number of anilines is 2. The molecule has 1 aliphatic rings. The Morgan fingerprint density at radius 2 is 1.81 bits per heavy atom. The van der Waals surface area contributed by atoms with Gasteiger partial charge in [-0.15, -0.1) is 0 Å². The monoisotopic (exact) mass is 524 g/mol. The molecule has 1 aliphatic heterocycles. The standard InChI is InChI=1S/C28H36N4O4S/c1-4-5-7-22-10-12-23(13-11-22)30-37(34,35)24-14-9-21(2)25(20-24)28(33)32-18-16-31(17-19-32)26-8-6-15-29-27(26)36-3/h6,8-15,20,28,30,33H,4-5,7,16-19H2,1-3H3. The van der Waals surface area contributed by atoms with Crippen LogP contribution in [0.3, 0.4) is 0 Å². The molecule has 1 atom stereocenters. The predicted molar refractivity (Wildman–Crippen MR) is 147 cm³/mol. The molecule has 1 saturated heterocycles. The van der Waals surface area contributed by atoms with Crippen LogP contribution in [0.15, 0.2) is 65.7 Å². The molecule has 0 aliphatic carbocycles. The quantitative estimate of drug-likeness (QED) is 0.407. The molecular formula is C28H36N4O4S. The summed E-state index contributed by atoms with van der Waals surface area (Å²) in [6.45, 7) is 6.62. The second kappa shape index (κ2) is 11.9. The Hall–Kier alpha value is -3.14. The Bertz CT molecular complexity index is 1290. The van der Waals surface area contributed by atoms with Crippen molar-refractivity contribution in [3.05, 3.63) is 77.5 Å². The van der Waals surface area contributed by atoms with E-state index >= 15 is 0 Å². The minimum atomic E-state index is -3.81. The molecule has 8 nitrogen and oxygen atoms in total. The molecule has 198 valence electrons. The summed E-state index contributed by atoms with van der Waals surface area (Å²) in [5, 5.41) is 11.2. The second-order valence-electron chi connectivity index (χ2n) is 9.35. The average Bonchev–Trinajstić information content (AvgIpc) is 2.92. The normalized spacial score (nSPS) is 15.4. The number of ether oxygens (including phenoxy) is 1. The van der Waals surface area contributed by atoms with Gasteiger partial charge in [0.05, 0.1) is 17.7 Å². The van der Waals surface area contributed by atoms with Gasteiger partial charge >= 0.3 is 0 Å². The molecule has 3 aromatic rings. The van der Waals surface area contributed by atoms with Crippen LogP contribution in [-0.4, -0.2) is 56.7 Å². The van der Waals surface area contributed by atoms with Crippen molar-refractivity contribution in [2.45, 2.75) is 44.2 Å². The number of pyridine rings is 1. The highest BCUT2D eigenvalue weighted by atomic mass is 32.2. The van der Waals surface area contributed by atoms with Gasteiger partial charge in [-0.2, -0.15) is 0 Å². The number of nitrogens with one attached hydrogen (secondary N) is 1. The van der Waals surface area contributed by atoms with Crippen LogP contribution < -0.4 is 14.4 Å². The lowest BCUT2D eigenvalue weighted by Crippen LogP contribution is -2.48. The average molecular weight is 525 g/mol. The first-order valence-corrected chi connectivity index (χ1v) is 14.2. The molecule has 37 heavy (non-hydrogen) atoms. The van der Waals surface area contributed by atoms with Gasteiger partial charge < -0.3 is 14.7 Å². The first-order valence-electron chi connectivity index (χ1n) is 12.7. The maximum Gasteiger partial charge on any atom is 0.261 e. The Morgan fingerprint density at radius 1 is 1.08 bits per heavy atom. The van der Waals surface area contributed by atoms with Crippen molar-refractivity contribution < 1.29 is 18.3 Å². The number of aliphatic hydroxyl groups is 1. The van der Waals surface area contributed by atoms with Crippen molar-refractivity contribution in [1.82, 2.24) is 9.88 Å². The molecule has 0 spiro atoms. The van der Waals surface area contributed by atoms with Crippen molar-refractivity contribution in [2.24, 2.45) is 0 Å². The van der Waals surface area contributed by atoms with E-state index < -0.39 is 16.3 Å². The Morgan fingerprint density at radius 3 is 2.49 bits per heavy atom. The van der Waals surface area contributed by atoms with Crippen LogP contribution in [0.2, 0.25) is 0 Å². The van der Waals surface area contributed by atoms with Gasteiger partial charge in [-0.1, -0.05) is 31.5 Å². The molecule has 9 heteroatoms. The minimum absolute atomic E-state index is 0.126. The predicted octanol–water partition coefficient (Wildman–Crippen LogP) is 4.36. The third kappa shape index (κ3) is 6.41. The molecule has 0 amide bonds. The van der Waals surface area contributed by atoms with E-state index in [9.17, 15) is 13.5 Å². The number of piperazine rings is 1. The number of sulfonamides is 1. The molecule has 4 rings (SSSR count). The third-order valence-electron chi connectivity index (χ3n) is 6.81. The molecule has 0 radical (unpaired) electrons. The van der Waals surface area contributed by atoms with Crippen molar-refractivity contribution in [2.75, 3.05) is 42.9 Å². The molecule has 1 fully saturated rings. The maximum atomic E-state index is 13.2. The van der Waals surface area contributed by atoms with Crippen LogP contribution in [0.4, 0.5) is 11.4 Å². The zero-order valence-corrected chi connectivity index (χ0v) is 22.5. The van der Waals surface area contributed by atoms with Gasteiger partial charge in [0.2, 0.25) is 5.88 Å². The molecule has 1 aromatic heterocycles. The number of aryl methyl sites for hydroxylation is 2. The number of methoxy groups -OCH3 is 1. The van der Waals surface area contributed by atoms with Crippen molar-refractivity contribution in [1.29, 1.82) is 0 Å². The van der Waals surface area contributed by atoms with E-state index in [1.807, 2.05) is 36.1 Å². The van der Waals surface area contributed by atoms with Gasteiger partial charge in [0, 0.05) is 38.1 Å². The number of hydrogen-bond acceptors (Lipinski definition) is 7. The number of hydrogen-bond donors (Lipinski definition) is 2. The summed E-state index contributed by atoms with van der Waals surface area (Å²) >= 11 is 0. The molecule has 2 N–H and O–H groups in total. The van der Waals surface area contributed by atoms with Gasteiger partial charge in [-0.3, -0.25) is 9.62 Å². The van der Waals surface area contributed by atoms with Crippen LogP contribution in [0, 0.1) is 6.92 Å². The van der Waals surface area contributed by atoms with Gasteiger partial charge in [-0.05, 0) is 72.9 Å².